The van der Waals surface area contributed by atoms with Crippen LogP contribution in [-0.4, -0.2) is 47.2 Å². The molecule has 1 aliphatic heterocycles. The summed E-state index contributed by atoms with van der Waals surface area (Å²) < 4.78 is 25.4. The monoisotopic (exact) mass is 325 g/mol. The van der Waals surface area contributed by atoms with Crippen LogP contribution in [-0.2, 0) is 22.9 Å². The lowest BCUT2D eigenvalue weighted by atomic mass is 10.2. The Hall–Kier alpha value is -1.18. The molecule has 1 unspecified atom stereocenters. The van der Waals surface area contributed by atoms with Gasteiger partial charge in [-0.15, -0.1) is 11.3 Å². The van der Waals surface area contributed by atoms with Gasteiger partial charge in [-0.05, 0) is 23.9 Å². The fourth-order valence-corrected chi connectivity index (χ4v) is 5.21. The maximum absolute atomic E-state index is 11.7. The maximum Gasteiger partial charge on any atom is 0.151 e. The van der Waals surface area contributed by atoms with Gasteiger partial charge in [0.2, 0.25) is 0 Å². The number of rotatable bonds is 6. The minimum absolute atomic E-state index is 0.132. The van der Waals surface area contributed by atoms with Crippen LogP contribution in [0.4, 0.5) is 0 Å². The first-order valence-corrected chi connectivity index (χ1v) is 9.77. The zero-order valence-electron chi connectivity index (χ0n) is 11.8. The zero-order valence-corrected chi connectivity index (χ0v) is 13.4. The van der Waals surface area contributed by atoms with Gasteiger partial charge in [-0.1, -0.05) is 6.07 Å². The Morgan fingerprint density at radius 3 is 2.95 bits per heavy atom. The molecule has 3 heterocycles. The van der Waals surface area contributed by atoms with Crippen LogP contribution in [0.2, 0.25) is 0 Å². The summed E-state index contributed by atoms with van der Waals surface area (Å²) >= 11 is 1.72. The van der Waals surface area contributed by atoms with E-state index < -0.39 is 9.84 Å². The summed E-state index contributed by atoms with van der Waals surface area (Å²) in [6.07, 6.45) is 4.45. The molecular formula is C14H19N3O2S2. The Bertz CT molecular complexity index is 650. The van der Waals surface area contributed by atoms with E-state index in [1.165, 1.54) is 4.88 Å². The number of aromatic nitrogens is 2. The number of sulfone groups is 1. The molecule has 1 fully saturated rings. The van der Waals surface area contributed by atoms with E-state index in [2.05, 4.69) is 21.4 Å². The molecule has 21 heavy (non-hydrogen) atoms. The van der Waals surface area contributed by atoms with Crippen molar-refractivity contribution < 1.29 is 8.42 Å². The van der Waals surface area contributed by atoms with Crippen LogP contribution in [0, 0.1) is 0 Å². The second-order valence-electron chi connectivity index (χ2n) is 5.38. The molecule has 0 bridgehead atoms. The third kappa shape index (κ3) is 3.93. The molecule has 0 aliphatic carbocycles. The molecule has 0 N–H and O–H groups in total. The van der Waals surface area contributed by atoms with Gasteiger partial charge in [0.15, 0.2) is 9.84 Å². The summed E-state index contributed by atoms with van der Waals surface area (Å²) in [6, 6.07) is 6.18. The molecule has 2 aromatic rings. The first-order chi connectivity index (χ1) is 10.1. The van der Waals surface area contributed by atoms with E-state index in [1.807, 2.05) is 23.0 Å². The summed E-state index contributed by atoms with van der Waals surface area (Å²) in [7, 11) is -2.85. The molecule has 0 aromatic carbocycles. The topological polar surface area (TPSA) is 55.2 Å². The highest BCUT2D eigenvalue weighted by Crippen LogP contribution is 2.21. The Balaban J connectivity index is 1.68. The predicted octanol–water partition coefficient (Wildman–Crippen LogP) is 1.63. The summed E-state index contributed by atoms with van der Waals surface area (Å²) in [5, 5.41) is 6.28. The molecule has 1 aliphatic rings. The highest BCUT2D eigenvalue weighted by atomic mass is 32.2. The van der Waals surface area contributed by atoms with Crippen LogP contribution in [0.3, 0.4) is 0 Å². The van der Waals surface area contributed by atoms with Crippen molar-refractivity contribution in [2.75, 3.05) is 18.1 Å². The van der Waals surface area contributed by atoms with Crippen molar-refractivity contribution in [3.63, 3.8) is 0 Å². The van der Waals surface area contributed by atoms with Crippen LogP contribution < -0.4 is 0 Å². The zero-order chi connectivity index (χ0) is 14.7. The molecule has 1 atom stereocenters. The summed E-state index contributed by atoms with van der Waals surface area (Å²) in [6.45, 7) is 2.42. The number of hydrogen-bond donors (Lipinski definition) is 0. The van der Waals surface area contributed by atoms with Gasteiger partial charge < -0.3 is 0 Å². The Labute approximate surface area is 129 Å². The molecule has 2 aromatic heterocycles. The van der Waals surface area contributed by atoms with Crippen molar-refractivity contribution >= 4 is 21.2 Å². The lowest BCUT2D eigenvalue weighted by Gasteiger charge is -2.27. The fourth-order valence-electron chi connectivity index (χ4n) is 2.72. The summed E-state index contributed by atoms with van der Waals surface area (Å²) in [5.41, 5.74) is 0. The fraction of sp³-hybridized carbons (Fsp3) is 0.500. The van der Waals surface area contributed by atoms with Gasteiger partial charge in [-0.3, -0.25) is 9.58 Å². The smallest absolute Gasteiger partial charge is 0.151 e. The van der Waals surface area contributed by atoms with Crippen molar-refractivity contribution in [1.29, 1.82) is 0 Å². The molecule has 0 radical (unpaired) electrons. The number of hydrogen-bond acceptors (Lipinski definition) is 5. The maximum atomic E-state index is 11.7. The lowest BCUT2D eigenvalue weighted by molar-refractivity contribution is 0.194. The first kappa shape index (κ1) is 14.7. The van der Waals surface area contributed by atoms with Crippen LogP contribution in [0.1, 0.15) is 11.3 Å². The minimum Gasteiger partial charge on any atom is -0.292 e. The van der Waals surface area contributed by atoms with Gasteiger partial charge in [-0.2, -0.15) is 5.10 Å². The average molecular weight is 325 g/mol. The standard InChI is InChI=1S/C14H19N3O2S2/c18-21(19)10-4-13(12-21)16(11-14-3-1-9-20-14)7-8-17-6-2-5-15-17/h1-3,5-6,9,13H,4,7-8,10-12H2. The number of nitrogens with zero attached hydrogens (tertiary/aromatic N) is 3. The van der Waals surface area contributed by atoms with Gasteiger partial charge >= 0.3 is 0 Å². The van der Waals surface area contributed by atoms with E-state index in [9.17, 15) is 8.42 Å². The molecule has 5 nitrogen and oxygen atoms in total. The number of thiophene rings is 1. The van der Waals surface area contributed by atoms with Gasteiger partial charge in [-0.25, -0.2) is 8.42 Å². The molecule has 0 spiro atoms. The van der Waals surface area contributed by atoms with Gasteiger partial charge in [0.25, 0.3) is 0 Å². The molecular weight excluding hydrogens is 306 g/mol. The Morgan fingerprint density at radius 1 is 1.43 bits per heavy atom. The van der Waals surface area contributed by atoms with E-state index in [-0.39, 0.29) is 11.8 Å². The van der Waals surface area contributed by atoms with E-state index in [1.54, 1.807) is 17.5 Å². The molecule has 3 rings (SSSR count). The quantitative estimate of drug-likeness (QED) is 0.810. The van der Waals surface area contributed by atoms with Crippen molar-refractivity contribution in [2.45, 2.75) is 25.6 Å². The third-order valence-corrected chi connectivity index (χ3v) is 6.45. The van der Waals surface area contributed by atoms with Gasteiger partial charge in [0, 0.05) is 36.4 Å². The molecule has 0 amide bonds. The SMILES string of the molecule is O=S1(=O)CCC(N(CCn2cccn2)Cc2cccs2)C1. The van der Waals surface area contributed by atoms with Crippen LogP contribution >= 0.6 is 11.3 Å². The van der Waals surface area contributed by atoms with Crippen molar-refractivity contribution in [3.8, 4) is 0 Å². The normalized spacial score (nSPS) is 21.1. The van der Waals surface area contributed by atoms with E-state index in [0.717, 1.165) is 26.1 Å². The van der Waals surface area contributed by atoms with Crippen LogP contribution in [0.25, 0.3) is 0 Å². The summed E-state index contributed by atoms with van der Waals surface area (Å²) in [4.78, 5) is 3.57. The van der Waals surface area contributed by atoms with E-state index in [4.69, 9.17) is 0 Å². The largest absolute Gasteiger partial charge is 0.292 e. The second-order valence-corrected chi connectivity index (χ2v) is 8.64. The molecule has 114 valence electrons. The predicted molar refractivity (Wildman–Crippen MR) is 84.0 cm³/mol. The minimum atomic E-state index is -2.85. The highest BCUT2D eigenvalue weighted by molar-refractivity contribution is 7.91. The van der Waals surface area contributed by atoms with E-state index >= 15 is 0 Å². The summed E-state index contributed by atoms with van der Waals surface area (Å²) in [5.74, 6) is 0.609. The van der Waals surface area contributed by atoms with Crippen molar-refractivity contribution in [1.82, 2.24) is 14.7 Å². The average Bonchev–Trinajstić information content (AvgIpc) is 3.15. The second kappa shape index (κ2) is 6.29. The van der Waals surface area contributed by atoms with Crippen molar-refractivity contribution in [3.05, 3.63) is 40.8 Å². The third-order valence-electron chi connectivity index (χ3n) is 3.84. The Morgan fingerprint density at radius 2 is 2.33 bits per heavy atom. The molecule has 7 heteroatoms. The van der Waals surface area contributed by atoms with Crippen molar-refractivity contribution in [2.24, 2.45) is 0 Å². The molecule has 0 saturated carbocycles. The van der Waals surface area contributed by atoms with Gasteiger partial charge in [0.1, 0.15) is 0 Å². The van der Waals surface area contributed by atoms with Gasteiger partial charge in [0.05, 0.1) is 18.1 Å². The lowest BCUT2D eigenvalue weighted by Crippen LogP contribution is -2.37. The highest BCUT2D eigenvalue weighted by Gasteiger charge is 2.32. The Kier molecular flexibility index (Phi) is 4.42. The van der Waals surface area contributed by atoms with Crippen LogP contribution in [0.5, 0.6) is 0 Å². The first-order valence-electron chi connectivity index (χ1n) is 7.07. The van der Waals surface area contributed by atoms with Crippen LogP contribution in [0.15, 0.2) is 36.0 Å². The van der Waals surface area contributed by atoms with E-state index in [0.29, 0.717) is 5.75 Å². The molecule has 1 saturated heterocycles.